The molecule has 0 saturated carbocycles. The third-order valence-electron chi connectivity index (χ3n) is 4.44. The summed E-state index contributed by atoms with van der Waals surface area (Å²) in [4.78, 5) is 23.2. The third kappa shape index (κ3) is 2.83. The molecule has 122 valence electrons. The summed E-state index contributed by atoms with van der Waals surface area (Å²) >= 11 is 0. The van der Waals surface area contributed by atoms with Crippen molar-refractivity contribution in [2.45, 2.75) is 52.1 Å². The van der Waals surface area contributed by atoms with Gasteiger partial charge in [-0.2, -0.15) is 0 Å². The lowest BCUT2D eigenvalue weighted by Crippen LogP contribution is -2.23. The summed E-state index contributed by atoms with van der Waals surface area (Å²) in [5.74, 6) is -0.562. The molecule has 0 spiro atoms. The Hall–Kier alpha value is -2.30. The smallest absolute Gasteiger partial charge is 0.344 e. The lowest BCUT2D eigenvalue weighted by Gasteiger charge is -2.19. The molecule has 1 aromatic carbocycles. The van der Waals surface area contributed by atoms with Crippen LogP contribution in [0.15, 0.2) is 21.3 Å². The van der Waals surface area contributed by atoms with Gasteiger partial charge in [0.1, 0.15) is 11.3 Å². The molecule has 23 heavy (non-hydrogen) atoms. The van der Waals surface area contributed by atoms with Crippen LogP contribution in [0.25, 0.3) is 11.0 Å². The quantitative estimate of drug-likeness (QED) is 0.877. The molecule has 5 heteroatoms. The van der Waals surface area contributed by atoms with Crippen LogP contribution < -0.4 is 10.4 Å². The Morgan fingerprint density at radius 3 is 2.65 bits per heavy atom. The van der Waals surface area contributed by atoms with E-state index < -0.39 is 12.1 Å². The SMILES string of the molecule is CCc1cc2c3c(c(=O)oc2cc1O[C@H](C)C(=O)O)CCCC3. The highest BCUT2D eigenvalue weighted by Gasteiger charge is 2.21. The molecule has 0 radical (unpaired) electrons. The molecule has 5 nitrogen and oxygen atoms in total. The Morgan fingerprint density at radius 1 is 1.30 bits per heavy atom. The van der Waals surface area contributed by atoms with Crippen molar-refractivity contribution in [3.8, 4) is 5.75 Å². The predicted molar refractivity (Wildman–Crippen MR) is 86.2 cm³/mol. The van der Waals surface area contributed by atoms with Gasteiger partial charge in [0.2, 0.25) is 0 Å². The van der Waals surface area contributed by atoms with Crippen LogP contribution in [0.4, 0.5) is 0 Å². The minimum Gasteiger partial charge on any atom is -0.479 e. The van der Waals surface area contributed by atoms with E-state index in [4.69, 9.17) is 14.3 Å². The fraction of sp³-hybridized carbons (Fsp3) is 0.444. The molecule has 1 aromatic heterocycles. The molecule has 1 heterocycles. The van der Waals surface area contributed by atoms with Crippen molar-refractivity contribution in [2.75, 3.05) is 0 Å². The normalized spacial score (nSPS) is 15.2. The molecular formula is C18H20O5. The summed E-state index contributed by atoms with van der Waals surface area (Å²) < 4.78 is 11.0. The van der Waals surface area contributed by atoms with Crippen molar-refractivity contribution in [3.05, 3.63) is 39.2 Å². The van der Waals surface area contributed by atoms with Gasteiger partial charge >= 0.3 is 11.6 Å². The number of carbonyl (C=O) groups is 1. The van der Waals surface area contributed by atoms with E-state index in [1.54, 1.807) is 6.07 Å². The number of hydrogen-bond donors (Lipinski definition) is 1. The molecule has 1 N–H and O–H groups in total. The van der Waals surface area contributed by atoms with Crippen LogP contribution in [0.3, 0.4) is 0 Å². The van der Waals surface area contributed by atoms with Crippen LogP contribution in [-0.2, 0) is 24.1 Å². The zero-order chi connectivity index (χ0) is 16.6. The first-order valence-electron chi connectivity index (χ1n) is 8.02. The first-order chi connectivity index (χ1) is 11.0. The summed E-state index contributed by atoms with van der Waals surface area (Å²) in [6.07, 6.45) is 3.49. The molecule has 0 aliphatic heterocycles. The average Bonchev–Trinajstić information content (AvgIpc) is 2.54. The van der Waals surface area contributed by atoms with Gasteiger partial charge in [-0.3, -0.25) is 0 Å². The van der Waals surface area contributed by atoms with E-state index in [0.717, 1.165) is 47.8 Å². The van der Waals surface area contributed by atoms with E-state index in [2.05, 4.69) is 0 Å². The highest BCUT2D eigenvalue weighted by atomic mass is 16.5. The molecule has 3 rings (SSSR count). The number of benzene rings is 1. The van der Waals surface area contributed by atoms with Crippen molar-refractivity contribution in [1.82, 2.24) is 0 Å². The number of rotatable bonds is 4. The standard InChI is InChI=1S/C18H20O5/c1-3-11-8-14-12-6-4-5-7-13(12)18(21)23-16(14)9-15(11)22-10(2)17(19)20/h8-10H,3-7H2,1-2H3,(H,19,20)/t10-/m1/s1. The molecule has 0 amide bonds. The van der Waals surface area contributed by atoms with Crippen molar-refractivity contribution in [1.29, 1.82) is 0 Å². The molecule has 1 aliphatic rings. The molecule has 1 atom stereocenters. The van der Waals surface area contributed by atoms with Gasteiger partial charge in [-0.15, -0.1) is 0 Å². The Labute approximate surface area is 133 Å². The number of fused-ring (bicyclic) bond motifs is 3. The zero-order valence-electron chi connectivity index (χ0n) is 13.3. The minimum atomic E-state index is -1.03. The molecule has 0 unspecified atom stereocenters. The van der Waals surface area contributed by atoms with Crippen LogP contribution in [-0.4, -0.2) is 17.2 Å². The van der Waals surface area contributed by atoms with Crippen LogP contribution in [0.2, 0.25) is 0 Å². The number of aliphatic carboxylic acids is 1. The molecule has 0 bridgehead atoms. The van der Waals surface area contributed by atoms with E-state index >= 15 is 0 Å². The van der Waals surface area contributed by atoms with Gasteiger partial charge in [0.15, 0.2) is 6.10 Å². The Kier molecular flexibility index (Phi) is 4.11. The van der Waals surface area contributed by atoms with E-state index in [1.807, 2.05) is 13.0 Å². The average molecular weight is 316 g/mol. The minimum absolute atomic E-state index is 0.284. The second-order valence-electron chi connectivity index (χ2n) is 5.96. The lowest BCUT2D eigenvalue weighted by molar-refractivity contribution is -0.144. The van der Waals surface area contributed by atoms with Crippen LogP contribution in [0.5, 0.6) is 5.75 Å². The Balaban J connectivity index is 2.17. The highest BCUT2D eigenvalue weighted by molar-refractivity contribution is 5.84. The van der Waals surface area contributed by atoms with Gasteiger partial charge in [-0.1, -0.05) is 6.92 Å². The predicted octanol–water partition coefficient (Wildman–Crippen LogP) is 3.09. The van der Waals surface area contributed by atoms with Crippen LogP contribution in [0, 0.1) is 0 Å². The van der Waals surface area contributed by atoms with Gasteiger partial charge in [-0.05, 0) is 56.2 Å². The Bertz CT molecular complexity index is 818. The van der Waals surface area contributed by atoms with Crippen molar-refractivity contribution in [3.63, 3.8) is 0 Å². The highest BCUT2D eigenvalue weighted by Crippen LogP contribution is 2.32. The zero-order valence-corrected chi connectivity index (χ0v) is 13.3. The molecule has 0 fully saturated rings. The van der Waals surface area contributed by atoms with Gasteiger partial charge in [0, 0.05) is 17.0 Å². The summed E-state index contributed by atoms with van der Waals surface area (Å²) in [5, 5.41) is 9.97. The van der Waals surface area contributed by atoms with E-state index in [9.17, 15) is 9.59 Å². The van der Waals surface area contributed by atoms with Crippen molar-refractivity contribution >= 4 is 16.9 Å². The number of aryl methyl sites for hydroxylation is 2. The fourth-order valence-electron chi connectivity index (χ4n) is 3.14. The van der Waals surface area contributed by atoms with E-state index in [1.165, 1.54) is 6.92 Å². The van der Waals surface area contributed by atoms with Gasteiger partial charge in [0.05, 0.1) is 0 Å². The van der Waals surface area contributed by atoms with Crippen molar-refractivity contribution < 1.29 is 19.1 Å². The maximum Gasteiger partial charge on any atom is 0.344 e. The Morgan fingerprint density at radius 2 is 2.00 bits per heavy atom. The first kappa shape index (κ1) is 15.6. The molecule has 0 saturated heterocycles. The monoisotopic (exact) mass is 316 g/mol. The number of carboxylic acid groups (broad SMARTS) is 1. The molecule has 1 aliphatic carbocycles. The summed E-state index contributed by atoms with van der Waals surface area (Å²) in [7, 11) is 0. The number of hydrogen-bond acceptors (Lipinski definition) is 4. The molecular weight excluding hydrogens is 296 g/mol. The van der Waals surface area contributed by atoms with Crippen molar-refractivity contribution in [2.24, 2.45) is 0 Å². The third-order valence-corrected chi connectivity index (χ3v) is 4.44. The fourth-order valence-corrected chi connectivity index (χ4v) is 3.14. The maximum absolute atomic E-state index is 12.2. The molecule has 2 aromatic rings. The number of carboxylic acids is 1. The summed E-state index contributed by atoms with van der Waals surface area (Å²) in [6, 6.07) is 3.64. The van der Waals surface area contributed by atoms with E-state index in [-0.39, 0.29) is 5.63 Å². The van der Waals surface area contributed by atoms with E-state index in [0.29, 0.717) is 17.8 Å². The van der Waals surface area contributed by atoms with Gasteiger partial charge < -0.3 is 14.3 Å². The topological polar surface area (TPSA) is 76.7 Å². The second-order valence-corrected chi connectivity index (χ2v) is 5.96. The van der Waals surface area contributed by atoms with Crippen LogP contribution in [0.1, 0.15) is 43.4 Å². The summed E-state index contributed by atoms with van der Waals surface area (Å²) in [5.41, 5.74) is 2.98. The summed E-state index contributed by atoms with van der Waals surface area (Å²) in [6.45, 7) is 3.47. The largest absolute Gasteiger partial charge is 0.479 e. The second kappa shape index (κ2) is 6.07. The maximum atomic E-state index is 12.2. The lowest BCUT2D eigenvalue weighted by atomic mass is 9.90. The first-order valence-corrected chi connectivity index (χ1v) is 8.02. The van der Waals surface area contributed by atoms with Gasteiger partial charge in [0.25, 0.3) is 0 Å². The number of ether oxygens (including phenoxy) is 1. The van der Waals surface area contributed by atoms with Gasteiger partial charge in [-0.25, -0.2) is 9.59 Å². The van der Waals surface area contributed by atoms with Crippen LogP contribution >= 0.6 is 0 Å².